The molecule has 3 aromatic rings. The average Bonchev–Trinajstić information content (AvgIpc) is 3.30. The summed E-state index contributed by atoms with van der Waals surface area (Å²) in [4.78, 5) is 56.4. The lowest BCUT2D eigenvalue weighted by Gasteiger charge is -2.42. The second-order valence-electron chi connectivity index (χ2n) is 11.8. The molecule has 0 saturated carbocycles. The van der Waals surface area contributed by atoms with Crippen LogP contribution in [0, 0.1) is 17.8 Å². The van der Waals surface area contributed by atoms with Crippen LogP contribution in [0.1, 0.15) is 31.2 Å². The summed E-state index contributed by atoms with van der Waals surface area (Å²) < 4.78 is 6.03. The molecule has 3 aliphatic carbocycles. The Bertz CT molecular complexity index is 1890. The van der Waals surface area contributed by atoms with E-state index in [2.05, 4.69) is 21.2 Å². The molecule has 1 fully saturated rings. The van der Waals surface area contributed by atoms with Crippen LogP contribution in [0.25, 0.3) is 0 Å². The van der Waals surface area contributed by atoms with Crippen LogP contribution in [0.15, 0.2) is 106 Å². The van der Waals surface area contributed by atoms with E-state index < -0.39 is 23.7 Å². The number of benzene rings is 3. The molecule has 1 aliphatic heterocycles. The summed E-state index contributed by atoms with van der Waals surface area (Å²) in [5.74, 6) is -3.73. The molecule has 2 amide bonds. The van der Waals surface area contributed by atoms with E-state index in [9.17, 15) is 24.3 Å². The molecule has 2 N–H and O–H groups in total. The van der Waals surface area contributed by atoms with Crippen LogP contribution in [-0.4, -0.2) is 35.6 Å². The number of fused-ring (bicyclic) bond motifs is 3. The lowest BCUT2D eigenvalue weighted by atomic mass is 9.59. The fourth-order valence-corrected chi connectivity index (χ4v) is 7.80. The number of amides is 2. The molecule has 0 spiro atoms. The number of para-hydroxylation sites is 1. The van der Waals surface area contributed by atoms with E-state index in [1.807, 2.05) is 48.5 Å². The number of anilines is 3. The Balaban J connectivity index is 1.28. The number of ketones is 2. The van der Waals surface area contributed by atoms with Gasteiger partial charge < -0.3 is 15.2 Å². The third kappa shape index (κ3) is 4.64. The molecule has 0 bridgehead atoms. The maximum absolute atomic E-state index is 14.2. The molecule has 4 aliphatic rings. The molecule has 4 unspecified atom stereocenters. The van der Waals surface area contributed by atoms with Crippen LogP contribution in [0.2, 0.25) is 0 Å². The van der Waals surface area contributed by atoms with Crippen molar-refractivity contribution in [2.75, 3.05) is 17.3 Å². The van der Waals surface area contributed by atoms with Gasteiger partial charge in [-0.05, 0) is 80.3 Å². The van der Waals surface area contributed by atoms with Crippen molar-refractivity contribution in [3.63, 3.8) is 0 Å². The molecule has 226 valence electrons. The van der Waals surface area contributed by atoms with Crippen molar-refractivity contribution >= 4 is 56.4 Å². The molecule has 0 radical (unpaired) electrons. The first kappa shape index (κ1) is 29.0. The van der Waals surface area contributed by atoms with Crippen molar-refractivity contribution in [2.45, 2.75) is 25.7 Å². The van der Waals surface area contributed by atoms with Gasteiger partial charge in [-0.2, -0.15) is 0 Å². The molecule has 3 aromatic carbocycles. The summed E-state index contributed by atoms with van der Waals surface area (Å²) in [6.07, 6.45) is 3.73. The van der Waals surface area contributed by atoms with E-state index in [-0.39, 0.29) is 41.3 Å². The quantitative estimate of drug-likeness (QED) is 0.181. The van der Waals surface area contributed by atoms with E-state index in [0.29, 0.717) is 38.9 Å². The second kappa shape index (κ2) is 11.0. The van der Waals surface area contributed by atoms with E-state index in [1.54, 1.807) is 31.2 Å². The minimum absolute atomic E-state index is 0.146. The van der Waals surface area contributed by atoms with Gasteiger partial charge in [0.15, 0.2) is 23.1 Å². The minimum atomic E-state index is -0.785. The van der Waals surface area contributed by atoms with Crippen molar-refractivity contribution in [3.05, 3.63) is 111 Å². The molecule has 0 aromatic heterocycles. The zero-order valence-electron chi connectivity index (χ0n) is 24.5. The number of imide groups is 1. The van der Waals surface area contributed by atoms with Gasteiger partial charge in [0, 0.05) is 44.0 Å². The summed E-state index contributed by atoms with van der Waals surface area (Å²) in [5, 5.41) is 14.6. The van der Waals surface area contributed by atoms with Gasteiger partial charge in [-0.1, -0.05) is 45.8 Å². The maximum Gasteiger partial charge on any atom is 0.238 e. The predicted molar refractivity (Wildman–Crippen MR) is 172 cm³/mol. The van der Waals surface area contributed by atoms with Crippen LogP contribution in [0.5, 0.6) is 11.5 Å². The number of ether oxygens (including phenoxy) is 1. The fraction of sp³-hybridized carbons (Fsp3) is 0.222. The first-order valence-corrected chi connectivity index (χ1v) is 15.5. The average molecular weight is 666 g/mol. The molecule has 45 heavy (non-hydrogen) atoms. The van der Waals surface area contributed by atoms with E-state index in [0.717, 1.165) is 16.9 Å². The number of Topliss-reactive ketones (excluding diaryl/α,β-unsaturated/α-hetero) is 1. The lowest BCUT2D eigenvalue weighted by molar-refractivity contribution is -0.123. The number of rotatable bonds is 5. The Morgan fingerprint density at radius 3 is 2.36 bits per heavy atom. The molecule has 4 atom stereocenters. The molecular weight excluding hydrogens is 636 g/mol. The molecule has 9 heteroatoms. The number of allylic oxidation sites excluding steroid dienone is 6. The molecular formula is C36H29BrN2O6. The second-order valence-corrected chi connectivity index (χ2v) is 12.7. The van der Waals surface area contributed by atoms with Gasteiger partial charge in [0.25, 0.3) is 0 Å². The van der Waals surface area contributed by atoms with Crippen molar-refractivity contribution in [1.82, 2.24) is 0 Å². The molecule has 8 nitrogen and oxygen atoms in total. The van der Waals surface area contributed by atoms with Crippen molar-refractivity contribution < 1.29 is 29.0 Å². The third-order valence-corrected chi connectivity index (χ3v) is 9.81. The Morgan fingerprint density at radius 2 is 1.64 bits per heavy atom. The van der Waals surface area contributed by atoms with Crippen LogP contribution < -0.4 is 15.0 Å². The first-order valence-electron chi connectivity index (χ1n) is 14.7. The standard InChI is InChI=1S/C36H29BrN2O6/c1-18-14-28(40)32-27(33(18)41)17-25-23(30(32)26-15-19(37)16-29(45-2)34(26)42)12-13-24-31(25)36(44)39(35(24)43)22-10-8-21(9-11-22)38-20-6-4-3-5-7-20/h3-12,14-16,24-25,30-31,38,42H,13,17H2,1-2H3. The highest BCUT2D eigenvalue weighted by molar-refractivity contribution is 9.10. The van der Waals surface area contributed by atoms with Crippen LogP contribution in [-0.2, 0) is 19.2 Å². The summed E-state index contributed by atoms with van der Waals surface area (Å²) in [5.41, 5.74) is 4.32. The van der Waals surface area contributed by atoms with Crippen molar-refractivity contribution in [2.24, 2.45) is 17.8 Å². The normalized spacial score (nSPS) is 24.1. The van der Waals surface area contributed by atoms with Gasteiger partial charge >= 0.3 is 0 Å². The summed E-state index contributed by atoms with van der Waals surface area (Å²) in [6, 6.07) is 20.2. The number of nitrogens with zero attached hydrogens (tertiary/aromatic N) is 1. The number of halogens is 1. The molecule has 1 saturated heterocycles. The topological polar surface area (TPSA) is 113 Å². The highest BCUT2D eigenvalue weighted by atomic mass is 79.9. The van der Waals surface area contributed by atoms with Crippen LogP contribution in [0.4, 0.5) is 17.1 Å². The Kier molecular flexibility index (Phi) is 7.08. The Hall–Kier alpha value is -4.76. The van der Waals surface area contributed by atoms with E-state index in [4.69, 9.17) is 4.74 Å². The van der Waals surface area contributed by atoms with Crippen LogP contribution >= 0.6 is 15.9 Å². The number of hydrogen-bond acceptors (Lipinski definition) is 7. The largest absolute Gasteiger partial charge is 0.504 e. The van der Waals surface area contributed by atoms with Gasteiger partial charge in [-0.15, -0.1) is 0 Å². The minimum Gasteiger partial charge on any atom is -0.504 e. The monoisotopic (exact) mass is 664 g/mol. The third-order valence-electron chi connectivity index (χ3n) is 9.35. The van der Waals surface area contributed by atoms with E-state index in [1.165, 1.54) is 18.1 Å². The van der Waals surface area contributed by atoms with E-state index >= 15 is 0 Å². The lowest BCUT2D eigenvalue weighted by Crippen LogP contribution is -2.39. The molecule has 1 heterocycles. The molecule has 7 rings (SSSR count). The number of phenols is 1. The highest BCUT2D eigenvalue weighted by Crippen LogP contribution is 2.57. The Morgan fingerprint density at radius 1 is 0.933 bits per heavy atom. The SMILES string of the molecule is COc1cc(Br)cc(C2C3=CCC4C(=O)N(c5ccc(Nc6ccccc6)cc5)C(=O)C4C3CC3=C2C(=O)C=C(C)C3=O)c1O. The summed E-state index contributed by atoms with van der Waals surface area (Å²) in [7, 11) is 1.44. The zero-order chi connectivity index (χ0) is 31.6. The van der Waals surface area contributed by atoms with Crippen molar-refractivity contribution in [1.29, 1.82) is 0 Å². The first-order chi connectivity index (χ1) is 21.7. The fourth-order valence-electron chi connectivity index (χ4n) is 7.34. The number of phenolic OH excluding ortho intramolecular Hbond substituents is 1. The highest BCUT2D eigenvalue weighted by Gasteiger charge is 2.57. The number of nitrogens with one attached hydrogen (secondary N) is 1. The van der Waals surface area contributed by atoms with Gasteiger partial charge in [-0.25, -0.2) is 0 Å². The smallest absolute Gasteiger partial charge is 0.238 e. The zero-order valence-corrected chi connectivity index (χ0v) is 26.1. The van der Waals surface area contributed by atoms with Gasteiger partial charge in [0.05, 0.1) is 24.6 Å². The predicted octanol–water partition coefficient (Wildman–Crippen LogP) is 6.54. The number of methoxy groups -OCH3 is 1. The number of carbonyl (C=O) groups is 4. The van der Waals surface area contributed by atoms with Gasteiger partial charge in [0.2, 0.25) is 11.8 Å². The summed E-state index contributed by atoms with van der Waals surface area (Å²) in [6.45, 7) is 1.61. The van der Waals surface area contributed by atoms with Crippen molar-refractivity contribution in [3.8, 4) is 11.5 Å². The maximum atomic E-state index is 14.2. The van der Waals surface area contributed by atoms with Gasteiger partial charge in [-0.3, -0.25) is 24.1 Å². The number of hydrogen-bond donors (Lipinski definition) is 2. The van der Waals surface area contributed by atoms with Crippen LogP contribution in [0.3, 0.4) is 0 Å². The Labute approximate surface area is 268 Å². The number of carbonyl (C=O) groups excluding carboxylic acids is 4. The summed E-state index contributed by atoms with van der Waals surface area (Å²) >= 11 is 3.49. The number of aromatic hydroxyl groups is 1. The van der Waals surface area contributed by atoms with Gasteiger partial charge in [0.1, 0.15) is 0 Å².